The number of rotatable bonds is 4. The van der Waals surface area contributed by atoms with Crippen LogP contribution in [-0.4, -0.2) is 4.92 Å². The Hall–Kier alpha value is -1.59. The number of hydrogen-bond donors (Lipinski definition) is 0. The third kappa shape index (κ3) is 3.29. The zero-order valence-corrected chi connectivity index (χ0v) is 12.9. The van der Waals surface area contributed by atoms with Crippen LogP contribution in [0.15, 0.2) is 40.9 Å². The number of nitro benzene ring substituents is 1. The first kappa shape index (κ1) is 14.8. The Labute approximate surface area is 129 Å². The van der Waals surface area contributed by atoms with E-state index in [0.717, 1.165) is 11.1 Å². The van der Waals surface area contributed by atoms with Crippen molar-refractivity contribution in [2.45, 2.75) is 12.8 Å². The molecule has 0 radical (unpaired) electrons. The second-order valence-corrected chi connectivity index (χ2v) is 5.32. The van der Waals surface area contributed by atoms with Crippen molar-refractivity contribution in [3.63, 3.8) is 0 Å². The Kier molecular flexibility index (Phi) is 4.62. The Morgan fingerprint density at radius 1 is 1.30 bits per heavy atom. The molecule has 0 unspecified atom stereocenters. The summed E-state index contributed by atoms with van der Waals surface area (Å²) in [6.45, 7) is 1.94. The molecule has 0 aromatic heterocycles. The maximum Gasteiger partial charge on any atom is 0.273 e. The molecule has 104 valence electrons. The predicted molar refractivity (Wildman–Crippen MR) is 81.6 cm³/mol. The molecule has 0 saturated heterocycles. The third-order valence-corrected chi connectivity index (χ3v) is 3.75. The van der Waals surface area contributed by atoms with Gasteiger partial charge < -0.3 is 4.74 Å². The maximum absolute atomic E-state index is 10.8. The van der Waals surface area contributed by atoms with Crippen molar-refractivity contribution < 1.29 is 9.66 Å². The van der Waals surface area contributed by atoms with Gasteiger partial charge in [0, 0.05) is 11.9 Å². The highest BCUT2D eigenvalue weighted by molar-refractivity contribution is 9.10. The van der Waals surface area contributed by atoms with E-state index >= 15 is 0 Å². The molecule has 0 bridgehead atoms. The highest BCUT2D eigenvalue weighted by Gasteiger charge is 2.11. The van der Waals surface area contributed by atoms with Crippen molar-refractivity contribution in [1.29, 1.82) is 0 Å². The largest absolute Gasteiger partial charge is 0.456 e. The summed E-state index contributed by atoms with van der Waals surface area (Å²) in [6, 6.07) is 9.91. The molecule has 6 heteroatoms. The predicted octanol–water partition coefficient (Wildman–Crippen LogP) is 5.20. The fraction of sp³-hybridized carbons (Fsp3) is 0.143. The fourth-order valence-electron chi connectivity index (χ4n) is 1.69. The monoisotopic (exact) mass is 355 g/mol. The molecule has 0 fully saturated rings. The van der Waals surface area contributed by atoms with Crippen molar-refractivity contribution in [1.82, 2.24) is 0 Å². The van der Waals surface area contributed by atoms with Gasteiger partial charge in [0.05, 0.1) is 15.5 Å². The summed E-state index contributed by atoms with van der Waals surface area (Å²) in [6.07, 6.45) is 0. The first-order valence-corrected chi connectivity index (χ1v) is 7.11. The number of ether oxygens (including phenoxy) is 1. The summed E-state index contributed by atoms with van der Waals surface area (Å²) < 4.78 is 6.34. The van der Waals surface area contributed by atoms with Gasteiger partial charge in [-0.15, -0.1) is 11.6 Å². The molecule has 0 atom stereocenters. The van der Waals surface area contributed by atoms with Crippen molar-refractivity contribution in [3.8, 4) is 11.5 Å². The van der Waals surface area contributed by atoms with Gasteiger partial charge in [-0.25, -0.2) is 0 Å². The second-order valence-electron chi connectivity index (χ2n) is 4.20. The van der Waals surface area contributed by atoms with Crippen LogP contribution in [0.5, 0.6) is 11.5 Å². The molecule has 0 aliphatic carbocycles. The third-order valence-electron chi connectivity index (χ3n) is 2.81. The van der Waals surface area contributed by atoms with Crippen LogP contribution in [0, 0.1) is 17.0 Å². The molecule has 0 aliphatic rings. The van der Waals surface area contributed by atoms with E-state index in [1.807, 2.05) is 19.1 Å². The van der Waals surface area contributed by atoms with Gasteiger partial charge >= 0.3 is 0 Å². The molecule has 0 aliphatic heterocycles. The number of benzene rings is 2. The highest BCUT2D eigenvalue weighted by atomic mass is 79.9. The van der Waals surface area contributed by atoms with Crippen LogP contribution < -0.4 is 4.74 Å². The number of nitro groups is 1. The minimum atomic E-state index is -0.457. The number of non-ortho nitro benzene ring substituents is 1. The quantitative estimate of drug-likeness (QED) is 0.430. The number of aryl methyl sites for hydroxylation is 1. The number of halogens is 2. The van der Waals surface area contributed by atoms with Crippen LogP contribution in [0.4, 0.5) is 5.69 Å². The lowest BCUT2D eigenvalue weighted by Crippen LogP contribution is -1.92. The Morgan fingerprint density at radius 3 is 2.65 bits per heavy atom. The lowest BCUT2D eigenvalue weighted by molar-refractivity contribution is -0.384. The van der Waals surface area contributed by atoms with Crippen molar-refractivity contribution in [2.75, 3.05) is 0 Å². The summed E-state index contributed by atoms with van der Waals surface area (Å²) in [5, 5.41) is 10.8. The molecule has 0 saturated carbocycles. The molecule has 0 spiro atoms. The zero-order valence-electron chi connectivity index (χ0n) is 10.6. The van der Waals surface area contributed by atoms with E-state index in [9.17, 15) is 10.1 Å². The molecule has 2 rings (SSSR count). The summed E-state index contributed by atoms with van der Waals surface area (Å²) in [7, 11) is 0. The van der Waals surface area contributed by atoms with Gasteiger partial charge in [0.1, 0.15) is 11.5 Å². The van der Waals surface area contributed by atoms with Crippen LogP contribution in [0.3, 0.4) is 0 Å². The van der Waals surface area contributed by atoms with Crippen LogP contribution in [0.2, 0.25) is 0 Å². The first-order valence-electron chi connectivity index (χ1n) is 5.78. The van der Waals surface area contributed by atoms with Crippen molar-refractivity contribution in [3.05, 3.63) is 62.1 Å². The molecule has 0 N–H and O–H groups in total. The van der Waals surface area contributed by atoms with E-state index in [0.29, 0.717) is 21.9 Å². The SMILES string of the molecule is Cc1cc(Oc2cc([N+](=O)[O-])ccc2Br)ccc1CCl. The molecular weight excluding hydrogens is 346 g/mol. The highest BCUT2D eigenvalue weighted by Crippen LogP contribution is 2.33. The van der Waals surface area contributed by atoms with Gasteiger partial charge in [0.15, 0.2) is 0 Å². The van der Waals surface area contributed by atoms with E-state index in [1.54, 1.807) is 12.1 Å². The molecule has 20 heavy (non-hydrogen) atoms. The summed E-state index contributed by atoms with van der Waals surface area (Å²) in [5.41, 5.74) is 2.02. The molecule has 0 amide bonds. The molecule has 0 heterocycles. The van der Waals surface area contributed by atoms with Crippen LogP contribution in [0.1, 0.15) is 11.1 Å². The molecular formula is C14H11BrClNO3. The van der Waals surface area contributed by atoms with Crippen LogP contribution in [-0.2, 0) is 5.88 Å². The maximum atomic E-state index is 10.8. The standard InChI is InChI=1S/C14H11BrClNO3/c1-9-6-12(4-2-10(9)8-16)20-14-7-11(17(18)19)3-5-13(14)15/h2-7H,8H2,1H3. The van der Waals surface area contributed by atoms with E-state index in [4.69, 9.17) is 16.3 Å². The molecule has 2 aromatic carbocycles. The minimum Gasteiger partial charge on any atom is -0.456 e. The Balaban J connectivity index is 2.32. The summed E-state index contributed by atoms with van der Waals surface area (Å²) in [4.78, 5) is 10.3. The Morgan fingerprint density at radius 2 is 2.05 bits per heavy atom. The average Bonchev–Trinajstić information content (AvgIpc) is 2.41. The Bertz CT molecular complexity index is 661. The van der Waals surface area contributed by atoms with E-state index in [1.165, 1.54) is 12.1 Å². The van der Waals surface area contributed by atoms with Gasteiger partial charge in [-0.05, 0) is 52.2 Å². The van der Waals surface area contributed by atoms with Crippen LogP contribution in [0.25, 0.3) is 0 Å². The minimum absolute atomic E-state index is 0.0164. The first-order chi connectivity index (χ1) is 9.51. The lowest BCUT2D eigenvalue weighted by atomic mass is 10.1. The van der Waals surface area contributed by atoms with Gasteiger partial charge in [-0.2, -0.15) is 0 Å². The van der Waals surface area contributed by atoms with Crippen molar-refractivity contribution >= 4 is 33.2 Å². The van der Waals surface area contributed by atoms with E-state index in [2.05, 4.69) is 15.9 Å². The zero-order chi connectivity index (χ0) is 14.7. The van der Waals surface area contributed by atoms with E-state index < -0.39 is 4.92 Å². The topological polar surface area (TPSA) is 52.4 Å². The number of nitrogens with zero attached hydrogens (tertiary/aromatic N) is 1. The average molecular weight is 357 g/mol. The van der Waals surface area contributed by atoms with Crippen molar-refractivity contribution in [2.24, 2.45) is 0 Å². The number of alkyl halides is 1. The molecule has 2 aromatic rings. The normalized spacial score (nSPS) is 10.3. The summed E-state index contributed by atoms with van der Waals surface area (Å²) >= 11 is 9.12. The second kappa shape index (κ2) is 6.24. The van der Waals surface area contributed by atoms with Crippen LogP contribution >= 0.6 is 27.5 Å². The van der Waals surface area contributed by atoms with Gasteiger partial charge in [0.25, 0.3) is 5.69 Å². The van der Waals surface area contributed by atoms with Gasteiger partial charge in [-0.1, -0.05) is 6.07 Å². The summed E-state index contributed by atoms with van der Waals surface area (Å²) in [5.74, 6) is 1.45. The smallest absolute Gasteiger partial charge is 0.273 e. The fourth-order valence-corrected chi connectivity index (χ4v) is 2.32. The van der Waals surface area contributed by atoms with E-state index in [-0.39, 0.29) is 5.69 Å². The molecule has 4 nitrogen and oxygen atoms in total. The lowest BCUT2D eigenvalue weighted by Gasteiger charge is -2.10. The van der Waals surface area contributed by atoms with Gasteiger partial charge in [0.2, 0.25) is 0 Å². The number of hydrogen-bond acceptors (Lipinski definition) is 3. The van der Waals surface area contributed by atoms with Gasteiger partial charge in [-0.3, -0.25) is 10.1 Å².